The van der Waals surface area contributed by atoms with Gasteiger partial charge in [-0.05, 0) is 68.0 Å². The summed E-state index contributed by atoms with van der Waals surface area (Å²) in [7, 11) is 0. The predicted molar refractivity (Wildman–Crippen MR) is 116 cm³/mol. The predicted octanol–water partition coefficient (Wildman–Crippen LogP) is 5.39. The van der Waals surface area contributed by atoms with Gasteiger partial charge in [-0.15, -0.1) is 0 Å². The van der Waals surface area contributed by atoms with Gasteiger partial charge in [0.15, 0.2) is 0 Å². The third kappa shape index (κ3) is 8.59. The Morgan fingerprint density at radius 2 is 1.03 bits per heavy atom. The van der Waals surface area contributed by atoms with Crippen molar-refractivity contribution in [1.82, 2.24) is 0 Å². The van der Waals surface area contributed by atoms with Crippen LogP contribution in [-0.2, 0) is 19.6 Å². The van der Waals surface area contributed by atoms with Gasteiger partial charge in [-0.25, -0.2) is 29.1 Å². The maximum absolute atomic E-state index is 12.0. The van der Waals surface area contributed by atoms with Gasteiger partial charge in [0.1, 0.15) is 11.5 Å². The summed E-state index contributed by atoms with van der Waals surface area (Å²) in [5.41, 5.74) is 0.470. The molecule has 0 unspecified atom stereocenters. The molecule has 2 aromatic rings. The van der Waals surface area contributed by atoms with E-state index in [1.807, 2.05) is 0 Å². The molecule has 0 amide bonds. The van der Waals surface area contributed by atoms with Crippen LogP contribution in [0.1, 0.15) is 60.2 Å². The summed E-state index contributed by atoms with van der Waals surface area (Å²) >= 11 is 0. The zero-order valence-corrected chi connectivity index (χ0v) is 18.3. The Morgan fingerprint density at radius 1 is 0.656 bits per heavy atom. The van der Waals surface area contributed by atoms with Crippen molar-refractivity contribution in [1.29, 1.82) is 0 Å². The lowest BCUT2D eigenvalue weighted by Gasteiger charge is -2.08. The molecule has 0 radical (unpaired) electrons. The molecular formula is C24H28O8. The smallest absolute Gasteiger partial charge is 0.386 e. The third-order valence-electron chi connectivity index (χ3n) is 4.13. The summed E-state index contributed by atoms with van der Waals surface area (Å²) in [5.74, 6) is -0.780. The normalized spacial score (nSPS) is 10.1. The van der Waals surface area contributed by atoms with Crippen LogP contribution in [0.4, 0.5) is 0 Å². The van der Waals surface area contributed by atoms with Crippen molar-refractivity contribution in [3.8, 4) is 11.5 Å². The highest BCUT2D eigenvalue weighted by molar-refractivity contribution is 5.89. The Hall–Kier alpha value is -3.68. The molecule has 0 aliphatic rings. The van der Waals surface area contributed by atoms with Crippen LogP contribution in [0.15, 0.2) is 61.1 Å². The van der Waals surface area contributed by atoms with Crippen molar-refractivity contribution in [3.63, 3.8) is 0 Å². The van der Waals surface area contributed by atoms with Crippen molar-refractivity contribution >= 4 is 11.9 Å². The van der Waals surface area contributed by atoms with Crippen LogP contribution < -0.4 is 9.47 Å². The number of hydrogen-bond donors (Lipinski definition) is 0. The number of hydrogen-bond acceptors (Lipinski definition) is 8. The molecule has 0 saturated carbocycles. The molecule has 0 spiro atoms. The molecule has 0 atom stereocenters. The zero-order chi connectivity index (χ0) is 23.2. The average Bonchev–Trinajstić information content (AvgIpc) is 2.82. The van der Waals surface area contributed by atoms with Crippen molar-refractivity contribution in [2.75, 3.05) is 13.2 Å². The fourth-order valence-corrected chi connectivity index (χ4v) is 2.32. The first-order chi connectivity index (χ1) is 15.5. The molecule has 0 fully saturated rings. The van der Waals surface area contributed by atoms with E-state index < -0.39 is 17.9 Å². The van der Waals surface area contributed by atoms with E-state index in [2.05, 4.69) is 40.0 Å². The van der Waals surface area contributed by atoms with Crippen molar-refractivity contribution in [2.45, 2.75) is 39.5 Å². The van der Waals surface area contributed by atoms with Gasteiger partial charge >= 0.3 is 17.9 Å². The monoisotopic (exact) mass is 444 g/mol. The highest BCUT2D eigenvalue weighted by Gasteiger charge is 2.14. The van der Waals surface area contributed by atoms with E-state index in [-0.39, 0.29) is 11.1 Å². The minimum atomic E-state index is -0.778. The summed E-state index contributed by atoms with van der Waals surface area (Å²) in [5, 5.41) is 0. The second-order valence-electron chi connectivity index (χ2n) is 6.73. The van der Waals surface area contributed by atoms with Crippen LogP contribution in [0, 0.1) is 0 Å². The van der Waals surface area contributed by atoms with Gasteiger partial charge in [-0.3, -0.25) is 0 Å². The summed E-state index contributed by atoms with van der Waals surface area (Å²) in [6.45, 7) is 8.72. The molecule has 172 valence electrons. The lowest BCUT2D eigenvalue weighted by molar-refractivity contribution is -0.317. The van der Waals surface area contributed by atoms with Gasteiger partial charge in [0.25, 0.3) is 0 Å². The molecule has 0 bridgehead atoms. The Morgan fingerprint density at radius 3 is 1.38 bits per heavy atom. The molecule has 0 saturated heterocycles. The molecule has 0 heterocycles. The van der Waals surface area contributed by atoms with E-state index in [0.29, 0.717) is 24.7 Å². The number of benzene rings is 2. The minimum absolute atomic E-state index is 0.235. The van der Waals surface area contributed by atoms with Gasteiger partial charge in [0, 0.05) is 0 Å². The Balaban J connectivity index is 1.71. The van der Waals surface area contributed by atoms with Crippen LogP contribution in [0.5, 0.6) is 11.5 Å². The number of ether oxygens (including phenoxy) is 2. The van der Waals surface area contributed by atoms with Crippen LogP contribution in [0.3, 0.4) is 0 Å². The van der Waals surface area contributed by atoms with Crippen LogP contribution >= 0.6 is 0 Å². The average molecular weight is 444 g/mol. The quantitative estimate of drug-likeness (QED) is 0.166. The summed E-state index contributed by atoms with van der Waals surface area (Å²) in [6.07, 6.45) is 3.96. The Kier molecular flexibility index (Phi) is 10.4. The first kappa shape index (κ1) is 24.6. The molecule has 0 aromatic heterocycles. The Labute approximate surface area is 187 Å². The second-order valence-corrected chi connectivity index (χ2v) is 6.73. The molecule has 2 rings (SSSR count). The van der Waals surface area contributed by atoms with E-state index in [4.69, 9.17) is 9.47 Å². The van der Waals surface area contributed by atoms with E-state index in [1.165, 1.54) is 24.3 Å². The summed E-state index contributed by atoms with van der Waals surface area (Å²) in [4.78, 5) is 42.5. The molecular weight excluding hydrogens is 416 g/mol. The minimum Gasteiger partial charge on any atom is -0.494 e. The van der Waals surface area contributed by atoms with E-state index in [0.717, 1.165) is 25.7 Å². The largest absolute Gasteiger partial charge is 0.494 e. The van der Waals surface area contributed by atoms with Gasteiger partial charge in [-0.1, -0.05) is 26.7 Å². The van der Waals surface area contributed by atoms with Crippen LogP contribution in [0.25, 0.3) is 0 Å². The molecule has 0 aliphatic carbocycles. The third-order valence-corrected chi connectivity index (χ3v) is 4.13. The molecule has 32 heavy (non-hydrogen) atoms. The van der Waals surface area contributed by atoms with Crippen molar-refractivity contribution in [3.05, 3.63) is 72.2 Å². The van der Waals surface area contributed by atoms with E-state index in [9.17, 15) is 9.59 Å². The SMILES string of the molecule is C=C(OOC(=O)c1ccc(OCCCC)cc1)OOC(=O)c1ccc(OCCCC)cc1. The zero-order valence-electron chi connectivity index (χ0n) is 18.3. The number of carbonyl (C=O) groups is 2. The van der Waals surface area contributed by atoms with Gasteiger partial charge in [0.05, 0.1) is 24.3 Å². The summed E-state index contributed by atoms with van der Waals surface area (Å²) in [6, 6.07) is 12.7. The molecule has 0 aliphatic heterocycles. The Bertz CT molecular complexity index is 787. The second kappa shape index (κ2) is 13.6. The van der Waals surface area contributed by atoms with Crippen LogP contribution in [0.2, 0.25) is 0 Å². The number of carbonyl (C=O) groups excluding carboxylic acids is 2. The highest BCUT2D eigenvalue weighted by Crippen LogP contribution is 2.16. The van der Waals surface area contributed by atoms with Crippen molar-refractivity contribution in [2.24, 2.45) is 0 Å². The fraction of sp³-hybridized carbons (Fsp3) is 0.333. The number of rotatable bonds is 14. The molecule has 0 N–H and O–H groups in total. The first-order valence-electron chi connectivity index (χ1n) is 10.5. The standard InChI is InChI=1S/C24H28O8/c1-4-6-16-27-21-12-8-19(9-13-21)23(25)31-29-18(3)30-32-24(26)20-10-14-22(15-11-20)28-17-7-5-2/h8-15H,3-7,16-17H2,1-2H3. The van der Waals surface area contributed by atoms with Crippen LogP contribution in [-0.4, -0.2) is 25.2 Å². The summed E-state index contributed by atoms with van der Waals surface area (Å²) < 4.78 is 11.1. The van der Waals surface area contributed by atoms with E-state index >= 15 is 0 Å². The lowest BCUT2D eigenvalue weighted by atomic mass is 10.2. The maximum atomic E-state index is 12.0. The van der Waals surface area contributed by atoms with Crippen molar-refractivity contribution < 1.29 is 38.6 Å². The molecule has 8 nitrogen and oxygen atoms in total. The number of unbranched alkanes of at least 4 members (excludes halogenated alkanes) is 2. The topological polar surface area (TPSA) is 89.5 Å². The van der Waals surface area contributed by atoms with Gasteiger partial charge in [0.2, 0.25) is 0 Å². The highest BCUT2D eigenvalue weighted by atomic mass is 17.3. The fourth-order valence-electron chi connectivity index (χ4n) is 2.32. The van der Waals surface area contributed by atoms with Gasteiger partial charge < -0.3 is 9.47 Å². The lowest BCUT2D eigenvalue weighted by Crippen LogP contribution is -2.10. The first-order valence-corrected chi connectivity index (χ1v) is 10.5. The molecule has 2 aromatic carbocycles. The molecule has 8 heteroatoms. The van der Waals surface area contributed by atoms with Gasteiger partial charge in [-0.2, -0.15) is 0 Å². The maximum Gasteiger partial charge on any atom is 0.386 e. The van der Waals surface area contributed by atoms with E-state index in [1.54, 1.807) is 24.3 Å².